The first-order chi connectivity index (χ1) is 8.67. The molecule has 18 heavy (non-hydrogen) atoms. The predicted molar refractivity (Wildman–Crippen MR) is 68.7 cm³/mol. The van der Waals surface area contributed by atoms with E-state index in [9.17, 15) is 5.11 Å². The largest absolute Gasteiger partial charge is 0.409 e. The summed E-state index contributed by atoms with van der Waals surface area (Å²) in [4.78, 5) is 6.36. The molecule has 0 bridgehead atoms. The van der Waals surface area contributed by atoms with Gasteiger partial charge >= 0.3 is 0 Å². The third kappa shape index (κ3) is 2.24. The van der Waals surface area contributed by atoms with Crippen LogP contribution < -0.4 is 10.6 Å². The molecule has 2 unspecified atom stereocenters. The van der Waals surface area contributed by atoms with Gasteiger partial charge in [-0.1, -0.05) is 12.1 Å². The summed E-state index contributed by atoms with van der Waals surface area (Å²) in [7, 11) is 0. The van der Waals surface area contributed by atoms with Crippen LogP contribution in [-0.4, -0.2) is 40.3 Å². The first-order valence-electron chi connectivity index (χ1n) is 5.98. The van der Waals surface area contributed by atoms with E-state index in [1.54, 1.807) is 18.3 Å². The van der Waals surface area contributed by atoms with Crippen LogP contribution in [0.3, 0.4) is 0 Å². The minimum atomic E-state index is 0.0615. The van der Waals surface area contributed by atoms with Crippen LogP contribution in [0.5, 0.6) is 0 Å². The highest BCUT2D eigenvalue weighted by Crippen LogP contribution is 2.28. The zero-order valence-electron chi connectivity index (χ0n) is 10.3. The number of amidine groups is 1. The fourth-order valence-corrected chi connectivity index (χ4v) is 2.36. The zero-order valence-corrected chi connectivity index (χ0v) is 10.3. The molecule has 0 radical (unpaired) electrons. The van der Waals surface area contributed by atoms with E-state index >= 15 is 0 Å². The van der Waals surface area contributed by atoms with E-state index in [1.165, 1.54) is 0 Å². The quantitative estimate of drug-likeness (QED) is 0.312. The van der Waals surface area contributed by atoms with Crippen molar-refractivity contribution in [2.45, 2.75) is 19.4 Å². The highest BCUT2D eigenvalue weighted by atomic mass is 16.4. The van der Waals surface area contributed by atoms with E-state index < -0.39 is 0 Å². The van der Waals surface area contributed by atoms with Gasteiger partial charge in [-0.2, -0.15) is 0 Å². The maximum absolute atomic E-state index is 9.43. The van der Waals surface area contributed by atoms with Crippen LogP contribution in [0, 0.1) is 5.92 Å². The first-order valence-corrected chi connectivity index (χ1v) is 5.98. The van der Waals surface area contributed by atoms with Crippen molar-refractivity contribution in [1.82, 2.24) is 4.98 Å². The molecule has 6 nitrogen and oxygen atoms in total. The highest BCUT2D eigenvalue weighted by molar-refractivity contribution is 5.97. The molecular weight excluding hydrogens is 232 g/mol. The highest BCUT2D eigenvalue weighted by Gasteiger charge is 2.31. The van der Waals surface area contributed by atoms with Crippen LogP contribution in [0.25, 0.3) is 0 Å². The molecular formula is C12H18N4O2. The number of aromatic nitrogens is 1. The Hall–Kier alpha value is -1.82. The van der Waals surface area contributed by atoms with Crippen molar-refractivity contribution in [2.75, 3.05) is 18.1 Å². The molecule has 6 heteroatoms. The lowest BCUT2D eigenvalue weighted by Crippen LogP contribution is -2.35. The summed E-state index contributed by atoms with van der Waals surface area (Å²) < 4.78 is 0. The lowest BCUT2D eigenvalue weighted by atomic mass is 10.0. The molecule has 0 aliphatic carbocycles. The number of oxime groups is 1. The summed E-state index contributed by atoms with van der Waals surface area (Å²) in [6, 6.07) is 3.54. The number of anilines is 1. The molecule has 2 atom stereocenters. The van der Waals surface area contributed by atoms with Gasteiger partial charge in [-0.25, -0.2) is 4.98 Å². The second-order valence-electron chi connectivity index (χ2n) is 4.60. The molecule has 0 amide bonds. The van der Waals surface area contributed by atoms with E-state index in [2.05, 4.69) is 22.0 Å². The molecule has 1 saturated heterocycles. The van der Waals surface area contributed by atoms with Gasteiger partial charge in [0.15, 0.2) is 5.84 Å². The van der Waals surface area contributed by atoms with E-state index in [4.69, 9.17) is 10.9 Å². The van der Waals surface area contributed by atoms with Crippen LogP contribution in [0.2, 0.25) is 0 Å². The number of nitrogens with zero attached hydrogens (tertiary/aromatic N) is 3. The minimum absolute atomic E-state index is 0.0615. The average Bonchev–Trinajstić information content (AvgIpc) is 2.79. The number of rotatable bonds is 3. The smallest absolute Gasteiger partial charge is 0.170 e. The van der Waals surface area contributed by atoms with Crippen molar-refractivity contribution in [2.24, 2.45) is 16.8 Å². The Labute approximate surface area is 106 Å². The third-order valence-corrected chi connectivity index (χ3v) is 3.51. The molecule has 1 aliphatic rings. The second kappa shape index (κ2) is 5.22. The van der Waals surface area contributed by atoms with Crippen LogP contribution in [0.4, 0.5) is 5.82 Å². The SMILES string of the molecule is CC1CCN(c2cc(/C(N)=N/O)ccn2)C1CO. The van der Waals surface area contributed by atoms with Crippen molar-refractivity contribution < 1.29 is 10.3 Å². The molecule has 1 aromatic rings. The first kappa shape index (κ1) is 12.6. The van der Waals surface area contributed by atoms with Crippen molar-refractivity contribution in [3.8, 4) is 0 Å². The van der Waals surface area contributed by atoms with Crippen molar-refractivity contribution in [3.63, 3.8) is 0 Å². The van der Waals surface area contributed by atoms with Gasteiger partial charge in [0.05, 0.1) is 12.6 Å². The zero-order chi connectivity index (χ0) is 13.1. The molecule has 98 valence electrons. The van der Waals surface area contributed by atoms with Gasteiger partial charge in [0.1, 0.15) is 5.82 Å². The number of nitrogens with two attached hydrogens (primary N) is 1. The number of aliphatic hydroxyl groups is 1. The van der Waals surface area contributed by atoms with E-state index in [0.29, 0.717) is 11.5 Å². The Kier molecular flexibility index (Phi) is 3.66. The standard InChI is InChI=1S/C12H18N4O2/c1-8-3-5-16(10(8)7-17)11-6-9(2-4-14-11)12(13)15-18/h2,4,6,8,10,17-18H,3,5,7H2,1H3,(H2,13,15). The van der Waals surface area contributed by atoms with Gasteiger partial charge < -0.3 is 20.9 Å². The maximum Gasteiger partial charge on any atom is 0.170 e. The number of hydrogen-bond donors (Lipinski definition) is 3. The van der Waals surface area contributed by atoms with Crippen LogP contribution >= 0.6 is 0 Å². The topological polar surface area (TPSA) is 95.0 Å². The molecule has 0 saturated carbocycles. The Morgan fingerprint density at radius 2 is 2.44 bits per heavy atom. The molecule has 2 heterocycles. The van der Waals surface area contributed by atoms with E-state index in [0.717, 1.165) is 18.8 Å². The van der Waals surface area contributed by atoms with Gasteiger partial charge in [-0.05, 0) is 24.5 Å². The predicted octanol–water partition coefficient (Wildman–Crippen LogP) is 0.383. The van der Waals surface area contributed by atoms with Crippen molar-refractivity contribution in [1.29, 1.82) is 0 Å². The minimum Gasteiger partial charge on any atom is -0.409 e. The summed E-state index contributed by atoms with van der Waals surface area (Å²) in [5, 5.41) is 21.1. The summed E-state index contributed by atoms with van der Waals surface area (Å²) in [6.07, 6.45) is 2.65. The summed E-state index contributed by atoms with van der Waals surface area (Å²) in [5.41, 5.74) is 6.18. The van der Waals surface area contributed by atoms with E-state index in [-0.39, 0.29) is 18.5 Å². The summed E-state index contributed by atoms with van der Waals surface area (Å²) >= 11 is 0. The van der Waals surface area contributed by atoms with Crippen molar-refractivity contribution >= 4 is 11.7 Å². The molecule has 1 aromatic heterocycles. The molecule has 4 N–H and O–H groups in total. The molecule has 0 aromatic carbocycles. The van der Waals surface area contributed by atoms with Gasteiger partial charge in [-0.3, -0.25) is 0 Å². The Morgan fingerprint density at radius 1 is 1.67 bits per heavy atom. The van der Waals surface area contributed by atoms with Crippen LogP contribution in [-0.2, 0) is 0 Å². The second-order valence-corrected chi connectivity index (χ2v) is 4.60. The monoisotopic (exact) mass is 250 g/mol. The van der Waals surface area contributed by atoms with E-state index in [1.807, 2.05) is 0 Å². The fourth-order valence-electron chi connectivity index (χ4n) is 2.36. The third-order valence-electron chi connectivity index (χ3n) is 3.51. The number of pyridine rings is 1. The lowest BCUT2D eigenvalue weighted by Gasteiger charge is -2.26. The van der Waals surface area contributed by atoms with Gasteiger partial charge in [0.2, 0.25) is 0 Å². The lowest BCUT2D eigenvalue weighted by molar-refractivity contribution is 0.244. The molecule has 2 rings (SSSR count). The van der Waals surface area contributed by atoms with Crippen molar-refractivity contribution in [3.05, 3.63) is 23.9 Å². The Morgan fingerprint density at radius 3 is 3.11 bits per heavy atom. The number of hydrogen-bond acceptors (Lipinski definition) is 5. The average molecular weight is 250 g/mol. The summed E-state index contributed by atoms with van der Waals surface area (Å²) in [6.45, 7) is 3.09. The van der Waals surface area contributed by atoms with Gasteiger partial charge in [0, 0.05) is 18.3 Å². The Balaban J connectivity index is 2.28. The summed E-state index contributed by atoms with van der Waals surface area (Å²) in [5.74, 6) is 1.25. The van der Waals surface area contributed by atoms with Gasteiger partial charge in [-0.15, -0.1) is 0 Å². The molecule has 1 aliphatic heterocycles. The molecule has 1 fully saturated rings. The van der Waals surface area contributed by atoms with Crippen LogP contribution in [0.1, 0.15) is 18.9 Å². The molecule has 0 spiro atoms. The normalized spacial score (nSPS) is 24.6. The maximum atomic E-state index is 9.43. The number of aliphatic hydroxyl groups excluding tert-OH is 1. The van der Waals surface area contributed by atoms with Crippen LogP contribution in [0.15, 0.2) is 23.5 Å². The van der Waals surface area contributed by atoms with Gasteiger partial charge in [0.25, 0.3) is 0 Å². The Bertz CT molecular complexity index is 449. The fraction of sp³-hybridized carbons (Fsp3) is 0.500.